The lowest BCUT2D eigenvalue weighted by Crippen LogP contribution is -2.31. The fourth-order valence-corrected chi connectivity index (χ4v) is 3.63. The fourth-order valence-electron chi connectivity index (χ4n) is 2.51. The van der Waals surface area contributed by atoms with Gasteiger partial charge in [0.15, 0.2) is 0 Å². The van der Waals surface area contributed by atoms with Crippen molar-refractivity contribution in [2.75, 3.05) is 31.7 Å². The zero-order chi connectivity index (χ0) is 19.0. The lowest BCUT2D eigenvalue weighted by Gasteiger charge is -2.21. The number of para-hydroxylation sites is 1. The number of hydrogen-bond acceptors (Lipinski definition) is 4. The molecule has 6 nitrogen and oxygen atoms in total. The first-order valence-corrected chi connectivity index (χ1v) is 9.93. The van der Waals surface area contributed by atoms with Crippen LogP contribution >= 0.6 is 0 Å². The first kappa shape index (κ1) is 20.1. The molecule has 0 fully saturated rings. The highest BCUT2D eigenvalue weighted by Gasteiger charge is 2.19. The molecule has 0 aliphatic carbocycles. The Bertz CT molecular complexity index is 822. The van der Waals surface area contributed by atoms with Gasteiger partial charge in [0, 0.05) is 38.1 Å². The number of hydrogen-bond donors (Lipinski definition) is 1. The Hall–Kier alpha value is -2.22. The molecule has 26 heavy (non-hydrogen) atoms. The Morgan fingerprint density at radius 2 is 1.85 bits per heavy atom. The van der Waals surface area contributed by atoms with Gasteiger partial charge < -0.3 is 9.64 Å². The topological polar surface area (TPSA) is 75.7 Å². The molecular weight excluding hydrogens is 352 g/mol. The van der Waals surface area contributed by atoms with Crippen LogP contribution < -0.4 is 9.62 Å². The number of nitrogens with one attached hydrogen (secondary N) is 1. The summed E-state index contributed by atoms with van der Waals surface area (Å²) in [5, 5.41) is 0. The van der Waals surface area contributed by atoms with Crippen LogP contribution in [0.25, 0.3) is 0 Å². The normalized spacial score (nSPS) is 11.3. The van der Waals surface area contributed by atoms with Gasteiger partial charge in [-0.05, 0) is 43.7 Å². The summed E-state index contributed by atoms with van der Waals surface area (Å²) in [6.07, 6.45) is 0.575. The Kier molecular flexibility index (Phi) is 7.32. The van der Waals surface area contributed by atoms with E-state index in [2.05, 4.69) is 4.72 Å². The maximum atomic E-state index is 12.8. The van der Waals surface area contributed by atoms with Crippen molar-refractivity contribution in [3.63, 3.8) is 0 Å². The number of methoxy groups -OCH3 is 1. The quantitative estimate of drug-likeness (QED) is 0.683. The summed E-state index contributed by atoms with van der Waals surface area (Å²) in [5.74, 6) is -0.241. The molecule has 0 aliphatic rings. The predicted molar refractivity (Wildman–Crippen MR) is 102 cm³/mol. The number of sulfonamides is 1. The summed E-state index contributed by atoms with van der Waals surface area (Å²) in [7, 11) is -2.10. The minimum Gasteiger partial charge on any atom is -0.385 e. The van der Waals surface area contributed by atoms with Crippen molar-refractivity contribution >= 4 is 21.6 Å². The van der Waals surface area contributed by atoms with E-state index in [4.69, 9.17) is 4.74 Å². The van der Waals surface area contributed by atoms with E-state index in [0.29, 0.717) is 25.1 Å². The van der Waals surface area contributed by atoms with Gasteiger partial charge in [-0.2, -0.15) is 0 Å². The third-order valence-electron chi connectivity index (χ3n) is 3.84. The number of rotatable bonds is 9. The van der Waals surface area contributed by atoms with Gasteiger partial charge in [0.2, 0.25) is 10.0 Å². The van der Waals surface area contributed by atoms with Crippen LogP contribution in [0.3, 0.4) is 0 Å². The summed E-state index contributed by atoms with van der Waals surface area (Å²) in [4.78, 5) is 14.5. The van der Waals surface area contributed by atoms with E-state index in [1.807, 2.05) is 37.3 Å². The van der Waals surface area contributed by atoms with Crippen molar-refractivity contribution in [2.45, 2.75) is 18.2 Å². The highest BCUT2D eigenvalue weighted by Crippen LogP contribution is 2.18. The first-order chi connectivity index (χ1) is 12.5. The summed E-state index contributed by atoms with van der Waals surface area (Å²) < 4.78 is 32.2. The van der Waals surface area contributed by atoms with Crippen LogP contribution in [0.5, 0.6) is 0 Å². The molecular formula is C19H24N2O4S. The van der Waals surface area contributed by atoms with Gasteiger partial charge in [0.1, 0.15) is 0 Å². The molecule has 2 aromatic carbocycles. The van der Waals surface area contributed by atoms with E-state index in [1.165, 1.54) is 12.1 Å². The molecule has 0 bridgehead atoms. The van der Waals surface area contributed by atoms with Crippen LogP contribution in [0.2, 0.25) is 0 Å². The van der Waals surface area contributed by atoms with Gasteiger partial charge in [-0.25, -0.2) is 13.1 Å². The summed E-state index contributed by atoms with van der Waals surface area (Å²) >= 11 is 0. The third kappa shape index (κ3) is 5.14. The largest absolute Gasteiger partial charge is 0.385 e. The van der Waals surface area contributed by atoms with Crippen molar-refractivity contribution in [1.29, 1.82) is 0 Å². The molecule has 0 atom stereocenters. The lowest BCUT2D eigenvalue weighted by molar-refractivity contribution is 0.0988. The molecule has 1 N–H and O–H groups in total. The lowest BCUT2D eigenvalue weighted by atomic mass is 10.2. The van der Waals surface area contributed by atoms with E-state index in [0.717, 1.165) is 5.69 Å². The number of amides is 1. The number of ether oxygens (including phenoxy) is 1. The molecule has 0 radical (unpaired) electrons. The molecule has 0 spiro atoms. The molecule has 0 saturated heterocycles. The third-order valence-corrected chi connectivity index (χ3v) is 5.30. The number of benzene rings is 2. The van der Waals surface area contributed by atoms with Gasteiger partial charge >= 0.3 is 0 Å². The highest BCUT2D eigenvalue weighted by atomic mass is 32.2. The van der Waals surface area contributed by atoms with E-state index >= 15 is 0 Å². The van der Waals surface area contributed by atoms with Gasteiger partial charge in [0.25, 0.3) is 5.91 Å². The van der Waals surface area contributed by atoms with Crippen molar-refractivity contribution in [1.82, 2.24) is 4.72 Å². The SMILES string of the molecule is CCN(C(=O)c1cccc(S(=O)(=O)NCCCOC)c1)c1ccccc1. The van der Waals surface area contributed by atoms with Crippen LogP contribution in [0, 0.1) is 0 Å². The number of anilines is 1. The summed E-state index contributed by atoms with van der Waals surface area (Å²) in [5.41, 5.74) is 1.10. The second kappa shape index (κ2) is 9.47. The molecule has 0 saturated carbocycles. The minimum absolute atomic E-state index is 0.0740. The van der Waals surface area contributed by atoms with Gasteiger partial charge in [-0.15, -0.1) is 0 Å². The standard InChI is InChI=1S/C19H24N2O4S/c1-3-21(17-10-5-4-6-11-17)19(22)16-9-7-12-18(15-16)26(23,24)20-13-8-14-25-2/h4-7,9-12,15,20H,3,8,13-14H2,1-2H3. The van der Waals surface area contributed by atoms with Gasteiger partial charge in [-0.1, -0.05) is 24.3 Å². The molecule has 0 aliphatic heterocycles. The molecule has 140 valence electrons. The second-order valence-corrected chi connectivity index (χ2v) is 7.42. The van der Waals surface area contributed by atoms with Crippen LogP contribution in [-0.2, 0) is 14.8 Å². The van der Waals surface area contributed by atoms with Crippen LogP contribution in [0.1, 0.15) is 23.7 Å². The zero-order valence-electron chi connectivity index (χ0n) is 15.0. The molecule has 2 aromatic rings. The molecule has 2 rings (SSSR count). The van der Waals surface area contributed by atoms with Gasteiger partial charge in [0.05, 0.1) is 4.90 Å². The van der Waals surface area contributed by atoms with Crippen molar-refractivity contribution in [3.8, 4) is 0 Å². The average Bonchev–Trinajstić information content (AvgIpc) is 2.67. The Morgan fingerprint density at radius 1 is 1.12 bits per heavy atom. The monoisotopic (exact) mass is 376 g/mol. The Labute approximate surface area is 154 Å². The maximum absolute atomic E-state index is 12.8. The van der Waals surface area contributed by atoms with Crippen molar-refractivity contribution in [2.24, 2.45) is 0 Å². The van der Waals surface area contributed by atoms with E-state index in [1.54, 1.807) is 24.1 Å². The second-order valence-electron chi connectivity index (χ2n) is 5.66. The van der Waals surface area contributed by atoms with Gasteiger partial charge in [-0.3, -0.25) is 4.79 Å². The summed E-state index contributed by atoms with van der Waals surface area (Å²) in [6.45, 7) is 3.11. The predicted octanol–water partition coefficient (Wildman–Crippen LogP) is 2.67. The van der Waals surface area contributed by atoms with E-state index in [-0.39, 0.29) is 17.3 Å². The van der Waals surface area contributed by atoms with Crippen LogP contribution in [0.4, 0.5) is 5.69 Å². The molecule has 0 heterocycles. The first-order valence-electron chi connectivity index (χ1n) is 8.45. The minimum atomic E-state index is -3.67. The molecule has 7 heteroatoms. The highest BCUT2D eigenvalue weighted by molar-refractivity contribution is 7.89. The molecule has 0 unspecified atom stereocenters. The van der Waals surface area contributed by atoms with Crippen molar-refractivity contribution in [3.05, 3.63) is 60.2 Å². The van der Waals surface area contributed by atoms with E-state index in [9.17, 15) is 13.2 Å². The molecule has 0 aromatic heterocycles. The van der Waals surface area contributed by atoms with E-state index < -0.39 is 10.0 Å². The average molecular weight is 376 g/mol. The smallest absolute Gasteiger partial charge is 0.258 e. The fraction of sp³-hybridized carbons (Fsp3) is 0.316. The maximum Gasteiger partial charge on any atom is 0.258 e. The van der Waals surface area contributed by atoms with Crippen LogP contribution in [-0.4, -0.2) is 41.1 Å². The number of nitrogens with zero attached hydrogens (tertiary/aromatic N) is 1. The molecule has 1 amide bonds. The zero-order valence-corrected chi connectivity index (χ0v) is 15.8. The Morgan fingerprint density at radius 3 is 2.50 bits per heavy atom. The van der Waals surface area contributed by atoms with Crippen LogP contribution in [0.15, 0.2) is 59.5 Å². The number of carbonyl (C=O) groups is 1. The Balaban J connectivity index is 2.21. The van der Waals surface area contributed by atoms with Crippen molar-refractivity contribution < 1.29 is 17.9 Å². The number of carbonyl (C=O) groups excluding carboxylic acids is 1. The summed E-state index contributed by atoms with van der Waals surface area (Å²) in [6, 6.07) is 15.4.